The third-order valence-electron chi connectivity index (χ3n) is 6.73. The predicted octanol–water partition coefficient (Wildman–Crippen LogP) is 6.31. The Kier molecular flexibility index (Phi) is 3.61. The third-order valence-corrected chi connectivity index (χ3v) is 6.73. The molecule has 0 aliphatic heterocycles. The molecule has 0 saturated heterocycles. The molecule has 0 radical (unpaired) electrons. The number of rotatable bonds is 3. The molecule has 0 bridgehead atoms. The molecule has 7 aromatic rings. The number of nitrogens with zero attached hydrogens (tertiary/aromatic N) is 3. The molecular weight excluding hydrogens is 468 g/mol. The van der Waals surface area contributed by atoms with Crippen molar-refractivity contribution in [2.24, 2.45) is 0 Å². The van der Waals surface area contributed by atoms with Crippen molar-refractivity contribution >= 4 is 82.5 Å². The molecule has 3 N–H and O–H groups in total. The van der Waals surface area contributed by atoms with Crippen LogP contribution in [0.2, 0.25) is 0 Å². The molecule has 36 heavy (non-hydrogen) atoms. The van der Waals surface area contributed by atoms with Gasteiger partial charge in [-0.25, -0.2) is 0 Å². The summed E-state index contributed by atoms with van der Waals surface area (Å²) in [6.45, 7) is 0. The summed E-state index contributed by atoms with van der Waals surface area (Å²) in [5.74, 6) is 0. The van der Waals surface area contributed by atoms with E-state index in [0.29, 0.717) is 65.4 Å². The Labute approximate surface area is 197 Å². The van der Waals surface area contributed by atoms with E-state index in [1.807, 2.05) is 0 Å². The summed E-state index contributed by atoms with van der Waals surface area (Å²) < 4.78 is 0. The number of H-pyrrole nitrogens is 3. The van der Waals surface area contributed by atoms with Crippen molar-refractivity contribution in [1.82, 2.24) is 15.0 Å². The number of hydrogen-bond acceptors (Lipinski definition) is 6. The normalized spacial score (nSPS) is 12.0. The topological polar surface area (TPSA) is 177 Å². The van der Waals surface area contributed by atoms with Gasteiger partial charge >= 0.3 is 0 Å². The Morgan fingerprint density at radius 3 is 1.22 bits per heavy atom. The lowest BCUT2D eigenvalue weighted by molar-refractivity contribution is -0.384. The fourth-order valence-corrected chi connectivity index (χ4v) is 5.22. The van der Waals surface area contributed by atoms with Crippen LogP contribution in [0.25, 0.3) is 65.4 Å². The fraction of sp³-hybridized carbons (Fsp3) is 0. The summed E-state index contributed by atoms with van der Waals surface area (Å²) in [6.07, 6.45) is 0. The van der Waals surface area contributed by atoms with Gasteiger partial charge in [0.1, 0.15) is 0 Å². The lowest BCUT2D eigenvalue weighted by Crippen LogP contribution is -1.87. The first-order valence-corrected chi connectivity index (χ1v) is 10.7. The Balaban J connectivity index is 1.80. The van der Waals surface area contributed by atoms with Gasteiger partial charge in [-0.05, 0) is 18.2 Å². The number of non-ortho nitro benzene ring substituents is 3. The monoisotopic (exact) mass is 480 g/mol. The van der Waals surface area contributed by atoms with E-state index >= 15 is 0 Å². The first kappa shape index (κ1) is 19.9. The Bertz CT molecular complexity index is 2150. The average Bonchev–Trinajstić information content (AvgIpc) is 3.53. The predicted molar refractivity (Wildman–Crippen MR) is 134 cm³/mol. The number of fused-ring (bicyclic) bond motifs is 12. The summed E-state index contributed by atoms with van der Waals surface area (Å²) >= 11 is 0. The van der Waals surface area contributed by atoms with Gasteiger partial charge in [0, 0.05) is 85.3 Å². The highest BCUT2D eigenvalue weighted by atomic mass is 16.6. The maximum Gasteiger partial charge on any atom is 0.270 e. The molecule has 0 saturated carbocycles. The van der Waals surface area contributed by atoms with Crippen LogP contribution in [-0.4, -0.2) is 29.7 Å². The van der Waals surface area contributed by atoms with Gasteiger partial charge in [-0.2, -0.15) is 0 Å². The van der Waals surface area contributed by atoms with Crippen molar-refractivity contribution in [3.63, 3.8) is 0 Å². The second kappa shape index (κ2) is 6.54. The first-order chi connectivity index (χ1) is 17.3. The molecule has 0 aliphatic rings. The minimum Gasteiger partial charge on any atom is -0.354 e. The summed E-state index contributed by atoms with van der Waals surface area (Å²) in [4.78, 5) is 43.1. The maximum atomic E-state index is 11.5. The zero-order valence-corrected chi connectivity index (χ0v) is 18.0. The Morgan fingerprint density at radius 1 is 0.472 bits per heavy atom. The van der Waals surface area contributed by atoms with Crippen LogP contribution in [0.15, 0.2) is 54.6 Å². The van der Waals surface area contributed by atoms with Crippen molar-refractivity contribution in [3.05, 3.63) is 84.9 Å². The smallest absolute Gasteiger partial charge is 0.270 e. The van der Waals surface area contributed by atoms with Crippen LogP contribution < -0.4 is 0 Å². The van der Waals surface area contributed by atoms with Crippen LogP contribution in [-0.2, 0) is 0 Å². The van der Waals surface area contributed by atoms with E-state index in [1.165, 1.54) is 36.4 Å². The number of benzene rings is 4. The fourth-order valence-electron chi connectivity index (χ4n) is 5.22. The lowest BCUT2D eigenvalue weighted by Gasteiger charge is -2.01. The minimum atomic E-state index is -0.483. The van der Waals surface area contributed by atoms with Gasteiger partial charge in [0.25, 0.3) is 17.1 Å². The summed E-state index contributed by atoms with van der Waals surface area (Å²) in [5, 5.41) is 38.3. The molecule has 7 rings (SSSR count). The number of aromatic nitrogens is 3. The van der Waals surface area contributed by atoms with Gasteiger partial charge in [0.05, 0.1) is 31.3 Å². The van der Waals surface area contributed by atoms with Gasteiger partial charge in [0.2, 0.25) is 0 Å². The van der Waals surface area contributed by atoms with Crippen LogP contribution in [0.4, 0.5) is 17.1 Å². The van der Waals surface area contributed by atoms with Crippen molar-refractivity contribution in [3.8, 4) is 0 Å². The molecule has 0 amide bonds. The molecule has 174 valence electrons. The van der Waals surface area contributed by atoms with Gasteiger partial charge in [-0.1, -0.05) is 0 Å². The molecule has 0 fully saturated rings. The second-order valence-electron chi connectivity index (χ2n) is 8.59. The molecule has 0 aliphatic carbocycles. The van der Waals surface area contributed by atoms with Crippen LogP contribution in [0.1, 0.15) is 0 Å². The first-order valence-electron chi connectivity index (χ1n) is 10.7. The number of nitro benzene ring substituents is 3. The molecule has 12 heteroatoms. The van der Waals surface area contributed by atoms with Gasteiger partial charge in [0.15, 0.2) is 0 Å². The lowest BCUT2D eigenvalue weighted by atomic mass is 10.0. The van der Waals surface area contributed by atoms with Crippen LogP contribution in [0.5, 0.6) is 0 Å². The molecule has 12 nitrogen and oxygen atoms in total. The SMILES string of the molecule is O=[N+]([O-])c1ccc2[nH]c3c4[nH]c5ccc([N+](=O)[O-])cc5c4c4c5cc([N+](=O)[O-])ccc5[nH]c4c3c2c1. The Morgan fingerprint density at radius 2 is 0.806 bits per heavy atom. The minimum absolute atomic E-state index is 0.0735. The van der Waals surface area contributed by atoms with E-state index in [2.05, 4.69) is 15.0 Å². The zero-order chi connectivity index (χ0) is 24.9. The number of nitrogens with one attached hydrogen (secondary N) is 3. The average molecular weight is 480 g/mol. The van der Waals surface area contributed by atoms with Crippen LogP contribution in [0, 0.1) is 30.3 Å². The highest BCUT2D eigenvalue weighted by molar-refractivity contribution is 6.39. The number of nitro groups is 3. The van der Waals surface area contributed by atoms with E-state index in [1.54, 1.807) is 18.2 Å². The molecule has 0 atom stereocenters. The molecular formula is C24H12N6O6. The van der Waals surface area contributed by atoms with E-state index in [0.717, 1.165) is 0 Å². The molecule has 3 aromatic heterocycles. The molecule has 0 spiro atoms. The third kappa shape index (κ3) is 2.46. The highest BCUT2D eigenvalue weighted by Crippen LogP contribution is 2.45. The van der Waals surface area contributed by atoms with E-state index in [-0.39, 0.29) is 17.1 Å². The molecule has 0 unspecified atom stereocenters. The van der Waals surface area contributed by atoms with Crippen molar-refractivity contribution in [2.75, 3.05) is 0 Å². The summed E-state index contributed by atoms with van der Waals surface area (Å²) in [7, 11) is 0. The van der Waals surface area contributed by atoms with Crippen LogP contribution in [0.3, 0.4) is 0 Å². The highest BCUT2D eigenvalue weighted by Gasteiger charge is 2.23. The summed E-state index contributed by atoms with van der Waals surface area (Å²) in [6, 6.07) is 13.5. The quantitative estimate of drug-likeness (QED) is 0.197. The van der Waals surface area contributed by atoms with E-state index < -0.39 is 14.8 Å². The van der Waals surface area contributed by atoms with E-state index in [4.69, 9.17) is 0 Å². The maximum absolute atomic E-state index is 11.5. The Hall–Kier alpha value is -5.52. The molecule has 4 aromatic carbocycles. The van der Waals surface area contributed by atoms with Crippen molar-refractivity contribution < 1.29 is 14.8 Å². The van der Waals surface area contributed by atoms with Crippen molar-refractivity contribution in [2.45, 2.75) is 0 Å². The zero-order valence-electron chi connectivity index (χ0n) is 18.0. The largest absolute Gasteiger partial charge is 0.354 e. The second-order valence-corrected chi connectivity index (χ2v) is 8.59. The molecule has 3 heterocycles. The summed E-state index contributed by atoms with van der Waals surface area (Å²) in [5.41, 5.74) is 3.60. The number of hydrogen-bond donors (Lipinski definition) is 3. The number of aromatic amines is 3. The van der Waals surface area contributed by atoms with Gasteiger partial charge < -0.3 is 15.0 Å². The van der Waals surface area contributed by atoms with Gasteiger partial charge in [-0.15, -0.1) is 0 Å². The van der Waals surface area contributed by atoms with Crippen molar-refractivity contribution in [1.29, 1.82) is 0 Å². The van der Waals surface area contributed by atoms with Crippen LogP contribution >= 0.6 is 0 Å². The standard InChI is InChI=1S/C24H12N6O6/c31-28(32)10-1-4-16-13(7-10)19-20-14-8-11(29(33)34)2-5-17(14)26-23(20)24-21(22(19)25-16)15-9-12(30(35)36)3-6-18(15)27-24/h1-9,25-27H. The van der Waals surface area contributed by atoms with Gasteiger partial charge in [-0.3, -0.25) is 30.3 Å². The van der Waals surface area contributed by atoms with E-state index in [9.17, 15) is 30.3 Å².